The first-order valence-corrected chi connectivity index (χ1v) is 7.12. The molecule has 17 heavy (non-hydrogen) atoms. The molecule has 0 unspecified atom stereocenters. The van der Waals surface area contributed by atoms with Crippen LogP contribution in [0.25, 0.3) is 0 Å². The number of anilines is 1. The highest BCUT2D eigenvalue weighted by Crippen LogP contribution is 2.24. The number of hydrogen-bond acceptors (Lipinski definition) is 3. The third-order valence-corrected chi connectivity index (χ3v) is 4.86. The lowest BCUT2D eigenvalue weighted by Gasteiger charge is -2.25. The lowest BCUT2D eigenvalue weighted by Crippen LogP contribution is -2.37. The van der Waals surface area contributed by atoms with E-state index in [2.05, 4.69) is 0 Å². The van der Waals surface area contributed by atoms with Gasteiger partial charge in [-0.25, -0.2) is 8.42 Å². The van der Waals surface area contributed by atoms with Gasteiger partial charge in [0.15, 0.2) is 0 Å². The minimum Gasteiger partial charge on any atom is -0.398 e. The quantitative estimate of drug-likeness (QED) is 0.838. The zero-order valence-corrected chi connectivity index (χ0v) is 11.6. The van der Waals surface area contributed by atoms with Crippen LogP contribution in [0.4, 0.5) is 5.69 Å². The summed E-state index contributed by atoms with van der Waals surface area (Å²) in [5.41, 5.74) is 7.06. The van der Waals surface area contributed by atoms with Gasteiger partial charge in [-0.05, 0) is 38.5 Å². The predicted molar refractivity (Wildman–Crippen MR) is 70.3 cm³/mol. The number of sulfonamides is 1. The van der Waals surface area contributed by atoms with Crippen LogP contribution in [0.5, 0.6) is 0 Å². The third kappa shape index (κ3) is 2.79. The van der Waals surface area contributed by atoms with Crippen molar-refractivity contribution in [3.63, 3.8) is 0 Å². The van der Waals surface area contributed by atoms with E-state index in [-0.39, 0.29) is 10.9 Å². The Hall–Kier alpha value is -1.07. The van der Waals surface area contributed by atoms with Crippen molar-refractivity contribution in [3.05, 3.63) is 23.8 Å². The zero-order valence-electron chi connectivity index (χ0n) is 10.8. The van der Waals surface area contributed by atoms with Gasteiger partial charge < -0.3 is 5.73 Å². The number of rotatable bonds is 4. The molecule has 0 aliphatic heterocycles. The van der Waals surface area contributed by atoms with Crippen LogP contribution in [-0.2, 0) is 10.0 Å². The van der Waals surface area contributed by atoms with E-state index in [1.165, 1.54) is 4.31 Å². The first-order chi connectivity index (χ1) is 7.80. The molecule has 1 rings (SSSR count). The Balaban J connectivity index is 3.30. The molecule has 0 radical (unpaired) electrons. The molecule has 5 heteroatoms. The summed E-state index contributed by atoms with van der Waals surface area (Å²) in [6.45, 7) is 7.85. The lowest BCUT2D eigenvalue weighted by molar-refractivity contribution is 0.369. The Labute approximate surface area is 103 Å². The van der Waals surface area contributed by atoms with Crippen molar-refractivity contribution in [2.24, 2.45) is 0 Å². The van der Waals surface area contributed by atoms with E-state index in [0.717, 1.165) is 5.56 Å². The van der Waals surface area contributed by atoms with Gasteiger partial charge in [-0.2, -0.15) is 4.31 Å². The van der Waals surface area contributed by atoms with E-state index in [9.17, 15) is 8.42 Å². The molecule has 96 valence electrons. The SMILES string of the molecule is CCN(C(C)C)S(=O)(=O)c1ccc(C)cc1N. The Bertz CT molecular complexity index is 495. The first kappa shape index (κ1) is 14.0. The Morgan fingerprint density at radius 1 is 1.35 bits per heavy atom. The van der Waals surface area contributed by atoms with Gasteiger partial charge in [-0.3, -0.25) is 0 Å². The smallest absolute Gasteiger partial charge is 0.245 e. The molecule has 0 spiro atoms. The highest BCUT2D eigenvalue weighted by atomic mass is 32.2. The maximum Gasteiger partial charge on any atom is 0.245 e. The van der Waals surface area contributed by atoms with Gasteiger partial charge in [0.2, 0.25) is 10.0 Å². The molecule has 2 N–H and O–H groups in total. The van der Waals surface area contributed by atoms with Crippen molar-refractivity contribution in [1.82, 2.24) is 4.31 Å². The normalized spacial score (nSPS) is 12.4. The van der Waals surface area contributed by atoms with Crippen molar-refractivity contribution in [2.75, 3.05) is 12.3 Å². The summed E-state index contributed by atoms with van der Waals surface area (Å²) in [5, 5.41) is 0. The number of nitrogen functional groups attached to an aromatic ring is 1. The molecule has 1 aromatic rings. The molecule has 1 aromatic carbocycles. The van der Waals surface area contributed by atoms with Gasteiger partial charge in [0.25, 0.3) is 0 Å². The fourth-order valence-electron chi connectivity index (χ4n) is 1.84. The molecule has 0 aliphatic carbocycles. The van der Waals surface area contributed by atoms with Crippen molar-refractivity contribution in [3.8, 4) is 0 Å². The number of aryl methyl sites for hydroxylation is 1. The zero-order chi connectivity index (χ0) is 13.2. The predicted octanol–water partition coefficient (Wildman–Crippen LogP) is 2.00. The molecule has 0 atom stereocenters. The third-order valence-electron chi connectivity index (χ3n) is 2.64. The van der Waals surface area contributed by atoms with Crippen molar-refractivity contribution >= 4 is 15.7 Å². The van der Waals surface area contributed by atoms with E-state index in [0.29, 0.717) is 12.2 Å². The second-order valence-electron chi connectivity index (χ2n) is 4.34. The summed E-state index contributed by atoms with van der Waals surface area (Å²) in [6, 6.07) is 4.94. The summed E-state index contributed by atoms with van der Waals surface area (Å²) in [7, 11) is -3.49. The summed E-state index contributed by atoms with van der Waals surface area (Å²) in [5.74, 6) is 0. The lowest BCUT2D eigenvalue weighted by atomic mass is 10.2. The van der Waals surface area contributed by atoms with Crippen LogP contribution in [0.3, 0.4) is 0 Å². The minimum absolute atomic E-state index is 0.0781. The maximum absolute atomic E-state index is 12.4. The monoisotopic (exact) mass is 256 g/mol. The number of nitrogens with zero attached hydrogens (tertiary/aromatic N) is 1. The topological polar surface area (TPSA) is 63.4 Å². The van der Waals surface area contributed by atoms with Gasteiger partial charge in [-0.15, -0.1) is 0 Å². The number of hydrogen-bond donors (Lipinski definition) is 1. The van der Waals surface area contributed by atoms with Crippen LogP contribution >= 0.6 is 0 Å². The second kappa shape index (κ2) is 5.06. The molecule has 0 saturated carbocycles. The van der Waals surface area contributed by atoms with Crippen LogP contribution in [0, 0.1) is 6.92 Å². The molecule has 0 amide bonds. The van der Waals surface area contributed by atoms with E-state index >= 15 is 0 Å². The van der Waals surface area contributed by atoms with E-state index in [1.54, 1.807) is 18.2 Å². The number of benzene rings is 1. The van der Waals surface area contributed by atoms with Gasteiger partial charge in [0.05, 0.1) is 5.69 Å². The van der Waals surface area contributed by atoms with E-state index < -0.39 is 10.0 Å². The molecule has 0 saturated heterocycles. The van der Waals surface area contributed by atoms with Crippen LogP contribution in [0.2, 0.25) is 0 Å². The molecule has 0 aliphatic rings. The fraction of sp³-hybridized carbons (Fsp3) is 0.500. The van der Waals surface area contributed by atoms with Crippen LogP contribution in [-0.4, -0.2) is 25.3 Å². The van der Waals surface area contributed by atoms with E-state index in [1.807, 2.05) is 27.7 Å². The summed E-state index contributed by atoms with van der Waals surface area (Å²) < 4.78 is 26.2. The summed E-state index contributed by atoms with van der Waals surface area (Å²) in [6.07, 6.45) is 0. The van der Waals surface area contributed by atoms with Crippen LogP contribution in [0.1, 0.15) is 26.3 Å². The number of nitrogens with two attached hydrogens (primary N) is 1. The average molecular weight is 256 g/mol. The second-order valence-corrected chi connectivity index (χ2v) is 6.20. The highest BCUT2D eigenvalue weighted by Gasteiger charge is 2.27. The van der Waals surface area contributed by atoms with Crippen LogP contribution < -0.4 is 5.73 Å². The Morgan fingerprint density at radius 2 is 1.94 bits per heavy atom. The molecule has 0 fully saturated rings. The van der Waals surface area contributed by atoms with Crippen molar-refractivity contribution < 1.29 is 8.42 Å². The highest BCUT2D eigenvalue weighted by molar-refractivity contribution is 7.89. The summed E-state index contributed by atoms with van der Waals surface area (Å²) in [4.78, 5) is 0.193. The standard InChI is InChI=1S/C12H20N2O2S/c1-5-14(9(2)3)17(15,16)12-7-6-10(4)8-11(12)13/h6-9H,5,13H2,1-4H3. The van der Waals surface area contributed by atoms with Crippen molar-refractivity contribution in [1.29, 1.82) is 0 Å². The summed E-state index contributed by atoms with van der Waals surface area (Å²) >= 11 is 0. The van der Waals surface area contributed by atoms with Gasteiger partial charge in [0.1, 0.15) is 4.90 Å². The first-order valence-electron chi connectivity index (χ1n) is 5.68. The molecule has 0 bridgehead atoms. The van der Waals surface area contributed by atoms with Crippen molar-refractivity contribution in [2.45, 2.75) is 38.6 Å². The Kier molecular flexibility index (Phi) is 4.16. The van der Waals surface area contributed by atoms with Gasteiger partial charge in [-0.1, -0.05) is 13.0 Å². The molecule has 0 heterocycles. The average Bonchev–Trinajstić information content (AvgIpc) is 2.16. The van der Waals surface area contributed by atoms with E-state index in [4.69, 9.17) is 5.73 Å². The van der Waals surface area contributed by atoms with Crippen LogP contribution in [0.15, 0.2) is 23.1 Å². The maximum atomic E-state index is 12.4. The largest absolute Gasteiger partial charge is 0.398 e. The van der Waals surface area contributed by atoms with Gasteiger partial charge in [0, 0.05) is 12.6 Å². The molecular formula is C12H20N2O2S. The van der Waals surface area contributed by atoms with Gasteiger partial charge >= 0.3 is 0 Å². The molecule has 4 nitrogen and oxygen atoms in total. The molecular weight excluding hydrogens is 236 g/mol. The molecule has 0 aromatic heterocycles. The fourth-order valence-corrected chi connectivity index (χ4v) is 3.59. The minimum atomic E-state index is -3.49. The Morgan fingerprint density at radius 3 is 2.35 bits per heavy atom.